The molecule has 2 rings (SSSR count). The largest absolute Gasteiger partial charge is 0.477 e. The number of rotatable bonds is 6. The molecule has 1 saturated carbocycles. The minimum absolute atomic E-state index is 0.0327. The number of carbonyl (C=O) groups is 1. The SMILES string of the molecule is CC(C)C1(CNS(=O)(=O)c2csc(C(=O)O)c2)CC1. The Labute approximate surface area is 116 Å². The third-order valence-corrected chi connectivity index (χ3v) is 6.28. The summed E-state index contributed by atoms with van der Waals surface area (Å²) in [6.07, 6.45) is 2.08. The smallest absolute Gasteiger partial charge is 0.345 e. The summed E-state index contributed by atoms with van der Waals surface area (Å²) in [7, 11) is -3.60. The van der Waals surface area contributed by atoms with E-state index in [0.717, 1.165) is 24.2 Å². The molecule has 0 aromatic carbocycles. The van der Waals surface area contributed by atoms with Crippen molar-refractivity contribution < 1.29 is 18.3 Å². The Kier molecular flexibility index (Phi) is 3.72. The minimum Gasteiger partial charge on any atom is -0.477 e. The molecule has 1 aliphatic rings. The molecule has 106 valence electrons. The van der Waals surface area contributed by atoms with E-state index in [1.165, 1.54) is 11.4 Å². The number of carboxylic acids is 1. The molecule has 1 aliphatic carbocycles. The van der Waals surface area contributed by atoms with E-state index in [4.69, 9.17) is 5.11 Å². The number of aromatic carboxylic acids is 1. The molecule has 0 saturated heterocycles. The van der Waals surface area contributed by atoms with E-state index in [1.54, 1.807) is 0 Å². The lowest BCUT2D eigenvalue weighted by atomic mass is 9.93. The second-order valence-electron chi connectivity index (χ2n) is 5.29. The second kappa shape index (κ2) is 4.88. The van der Waals surface area contributed by atoms with Gasteiger partial charge in [-0.05, 0) is 30.2 Å². The van der Waals surface area contributed by atoms with Crippen molar-refractivity contribution in [2.24, 2.45) is 11.3 Å². The molecule has 0 radical (unpaired) electrons. The first kappa shape index (κ1) is 14.5. The van der Waals surface area contributed by atoms with Gasteiger partial charge in [0.25, 0.3) is 0 Å². The zero-order valence-electron chi connectivity index (χ0n) is 10.8. The average Bonchev–Trinajstić information content (AvgIpc) is 2.94. The lowest BCUT2D eigenvalue weighted by molar-refractivity contribution is 0.0702. The molecule has 0 bridgehead atoms. The van der Waals surface area contributed by atoms with Crippen LogP contribution in [0.5, 0.6) is 0 Å². The molecule has 0 amide bonds. The predicted molar refractivity (Wildman–Crippen MR) is 73.0 cm³/mol. The maximum atomic E-state index is 12.1. The van der Waals surface area contributed by atoms with Crippen molar-refractivity contribution in [2.45, 2.75) is 31.6 Å². The number of sulfonamides is 1. The van der Waals surface area contributed by atoms with Gasteiger partial charge in [-0.3, -0.25) is 0 Å². The van der Waals surface area contributed by atoms with Crippen molar-refractivity contribution in [2.75, 3.05) is 6.54 Å². The molecular formula is C12H17NO4S2. The lowest BCUT2D eigenvalue weighted by Gasteiger charge is -2.19. The van der Waals surface area contributed by atoms with E-state index in [1.807, 2.05) is 0 Å². The number of hydrogen-bond acceptors (Lipinski definition) is 4. The van der Waals surface area contributed by atoms with Crippen molar-refractivity contribution >= 4 is 27.3 Å². The van der Waals surface area contributed by atoms with Crippen molar-refractivity contribution in [3.05, 3.63) is 16.3 Å². The van der Waals surface area contributed by atoms with E-state index >= 15 is 0 Å². The summed E-state index contributed by atoms with van der Waals surface area (Å²) in [6, 6.07) is 1.20. The van der Waals surface area contributed by atoms with Crippen molar-refractivity contribution in [1.82, 2.24) is 4.72 Å². The van der Waals surface area contributed by atoms with Gasteiger partial charge in [-0.1, -0.05) is 13.8 Å². The van der Waals surface area contributed by atoms with E-state index in [2.05, 4.69) is 18.6 Å². The van der Waals surface area contributed by atoms with Gasteiger partial charge in [0.15, 0.2) is 0 Å². The summed E-state index contributed by atoms with van der Waals surface area (Å²) in [5.41, 5.74) is 0.0821. The van der Waals surface area contributed by atoms with E-state index in [-0.39, 0.29) is 15.2 Å². The topological polar surface area (TPSA) is 83.5 Å². The van der Waals surface area contributed by atoms with Gasteiger partial charge in [-0.15, -0.1) is 11.3 Å². The van der Waals surface area contributed by atoms with Crippen LogP contribution in [0.25, 0.3) is 0 Å². The predicted octanol–water partition coefficient (Wildman–Crippen LogP) is 2.16. The van der Waals surface area contributed by atoms with Crippen molar-refractivity contribution in [1.29, 1.82) is 0 Å². The third-order valence-electron chi connectivity index (χ3n) is 3.83. The van der Waals surface area contributed by atoms with Gasteiger partial charge in [0.2, 0.25) is 10.0 Å². The molecule has 7 heteroatoms. The van der Waals surface area contributed by atoms with Crippen LogP contribution < -0.4 is 4.72 Å². The molecule has 5 nitrogen and oxygen atoms in total. The molecule has 1 aromatic heterocycles. The summed E-state index contributed by atoms with van der Waals surface area (Å²) in [5, 5.41) is 10.2. The number of hydrogen-bond donors (Lipinski definition) is 2. The molecule has 1 heterocycles. The average molecular weight is 303 g/mol. The van der Waals surface area contributed by atoms with Crippen LogP contribution in [0.15, 0.2) is 16.3 Å². The Morgan fingerprint density at radius 2 is 2.16 bits per heavy atom. The molecule has 0 unspecified atom stereocenters. The quantitative estimate of drug-likeness (QED) is 0.843. The highest BCUT2D eigenvalue weighted by Crippen LogP contribution is 2.51. The molecule has 0 atom stereocenters. The first-order valence-corrected chi connectivity index (χ1v) is 8.45. The van der Waals surface area contributed by atoms with Gasteiger partial charge in [0.1, 0.15) is 4.88 Å². The van der Waals surface area contributed by atoms with Crippen molar-refractivity contribution in [3.63, 3.8) is 0 Å². The maximum absolute atomic E-state index is 12.1. The number of nitrogens with one attached hydrogen (secondary N) is 1. The monoisotopic (exact) mass is 303 g/mol. The van der Waals surface area contributed by atoms with Crippen LogP contribution in [0.2, 0.25) is 0 Å². The Morgan fingerprint density at radius 3 is 2.58 bits per heavy atom. The molecule has 19 heavy (non-hydrogen) atoms. The normalized spacial score (nSPS) is 17.6. The van der Waals surface area contributed by atoms with Gasteiger partial charge < -0.3 is 5.11 Å². The molecule has 0 aliphatic heterocycles. The summed E-state index contributed by atoms with van der Waals surface area (Å²) in [6.45, 7) is 4.61. The zero-order chi connectivity index (χ0) is 14.3. The highest BCUT2D eigenvalue weighted by atomic mass is 32.2. The number of thiophene rings is 1. The first-order chi connectivity index (χ1) is 8.77. The highest BCUT2D eigenvalue weighted by Gasteiger charge is 2.45. The van der Waals surface area contributed by atoms with Gasteiger partial charge >= 0.3 is 5.97 Å². The van der Waals surface area contributed by atoms with Crippen LogP contribution in [-0.2, 0) is 10.0 Å². The molecule has 1 aromatic rings. The Bertz CT molecular complexity index is 585. The van der Waals surface area contributed by atoms with Crippen LogP contribution in [0.1, 0.15) is 36.4 Å². The summed E-state index contributed by atoms with van der Waals surface area (Å²) >= 11 is 0.921. The molecular weight excluding hydrogens is 286 g/mol. The Morgan fingerprint density at radius 1 is 1.53 bits per heavy atom. The zero-order valence-corrected chi connectivity index (χ0v) is 12.5. The second-order valence-corrected chi connectivity index (χ2v) is 7.97. The standard InChI is InChI=1S/C12H17NO4S2/c1-8(2)12(3-4-12)7-13-19(16,17)9-5-10(11(14)15)18-6-9/h5-6,8,13H,3-4,7H2,1-2H3,(H,14,15). The fraction of sp³-hybridized carbons (Fsp3) is 0.583. The molecule has 0 spiro atoms. The van der Waals surface area contributed by atoms with E-state index in [0.29, 0.717) is 12.5 Å². The lowest BCUT2D eigenvalue weighted by Crippen LogP contribution is -2.32. The number of carboxylic acid groups (broad SMARTS) is 1. The van der Waals surface area contributed by atoms with Gasteiger partial charge in [0.05, 0.1) is 4.90 Å². The maximum Gasteiger partial charge on any atom is 0.345 e. The molecule has 1 fully saturated rings. The van der Waals surface area contributed by atoms with E-state index in [9.17, 15) is 13.2 Å². The van der Waals surface area contributed by atoms with Gasteiger partial charge in [-0.2, -0.15) is 0 Å². The van der Waals surface area contributed by atoms with Gasteiger partial charge in [-0.25, -0.2) is 17.9 Å². The fourth-order valence-corrected chi connectivity index (χ4v) is 4.26. The minimum atomic E-state index is -3.60. The first-order valence-electron chi connectivity index (χ1n) is 6.08. The Balaban J connectivity index is 2.08. The van der Waals surface area contributed by atoms with Crippen LogP contribution in [0, 0.1) is 11.3 Å². The van der Waals surface area contributed by atoms with Crippen LogP contribution >= 0.6 is 11.3 Å². The molecule has 2 N–H and O–H groups in total. The summed E-state index contributed by atoms with van der Waals surface area (Å²) in [4.78, 5) is 10.8. The van der Waals surface area contributed by atoms with Crippen LogP contribution in [0.3, 0.4) is 0 Å². The highest BCUT2D eigenvalue weighted by molar-refractivity contribution is 7.89. The third kappa shape index (κ3) is 2.98. The van der Waals surface area contributed by atoms with Gasteiger partial charge in [0, 0.05) is 11.9 Å². The summed E-state index contributed by atoms with van der Waals surface area (Å²) < 4.78 is 26.7. The Hall–Kier alpha value is -0.920. The van der Waals surface area contributed by atoms with Crippen LogP contribution in [0.4, 0.5) is 0 Å². The van der Waals surface area contributed by atoms with Crippen molar-refractivity contribution in [3.8, 4) is 0 Å². The summed E-state index contributed by atoms with van der Waals surface area (Å²) in [5.74, 6) is -0.667. The van der Waals surface area contributed by atoms with Crippen LogP contribution in [-0.4, -0.2) is 26.0 Å². The fourth-order valence-electron chi connectivity index (χ4n) is 2.01. The van der Waals surface area contributed by atoms with E-state index < -0.39 is 16.0 Å².